The van der Waals surface area contributed by atoms with Crippen LogP contribution in [-0.2, 0) is 11.4 Å². The molecule has 1 aromatic heterocycles. The number of amides is 1. The lowest BCUT2D eigenvalue weighted by Crippen LogP contribution is -2.24. The van der Waals surface area contributed by atoms with Crippen LogP contribution in [-0.4, -0.2) is 25.9 Å². The number of thioether (sulfide) groups is 1. The Hall–Kier alpha value is -2.51. The zero-order valence-corrected chi connectivity index (χ0v) is 21.3. The van der Waals surface area contributed by atoms with Gasteiger partial charge in [0.15, 0.2) is 11.0 Å². The highest BCUT2D eigenvalue weighted by Crippen LogP contribution is 2.31. The third kappa shape index (κ3) is 6.30. The highest BCUT2D eigenvalue weighted by molar-refractivity contribution is 8.00. The van der Waals surface area contributed by atoms with E-state index in [4.69, 9.17) is 16.3 Å². The van der Waals surface area contributed by atoms with Crippen LogP contribution in [0, 0.1) is 13.8 Å². The lowest BCUT2D eigenvalue weighted by atomic mass is 10.1. The van der Waals surface area contributed by atoms with E-state index in [1.165, 1.54) is 11.8 Å². The van der Waals surface area contributed by atoms with Crippen molar-refractivity contribution in [1.29, 1.82) is 0 Å². The first kappa shape index (κ1) is 25.1. The van der Waals surface area contributed by atoms with Crippen LogP contribution in [0.1, 0.15) is 56.6 Å². The lowest BCUT2D eigenvalue weighted by Gasteiger charge is -2.20. The van der Waals surface area contributed by atoms with E-state index < -0.39 is 0 Å². The standard InChI is InChI=1S/C25H31ClN4O2S/c1-6-19(7-2)30-23(15-32-22-11-9-8-10-20(22)26)28-29-25(30)33-18(5)24(31)27-21-14-16(3)12-13-17(21)4/h8-14,18-19H,6-7,15H2,1-5H3,(H,27,31). The van der Waals surface area contributed by atoms with E-state index in [-0.39, 0.29) is 23.8 Å². The molecule has 0 aliphatic carbocycles. The van der Waals surface area contributed by atoms with Crippen molar-refractivity contribution in [3.63, 3.8) is 0 Å². The fourth-order valence-corrected chi connectivity index (χ4v) is 4.66. The first-order valence-electron chi connectivity index (χ1n) is 11.2. The molecular weight excluding hydrogens is 456 g/mol. The molecule has 8 heteroatoms. The van der Waals surface area contributed by atoms with Gasteiger partial charge in [-0.3, -0.25) is 4.79 Å². The van der Waals surface area contributed by atoms with Gasteiger partial charge in [-0.1, -0.05) is 61.5 Å². The molecule has 1 heterocycles. The normalized spacial score (nSPS) is 12.1. The van der Waals surface area contributed by atoms with E-state index in [0.717, 1.165) is 29.7 Å². The number of aryl methyl sites for hydroxylation is 2. The average Bonchev–Trinajstić information content (AvgIpc) is 3.18. The number of anilines is 1. The van der Waals surface area contributed by atoms with Crippen molar-refractivity contribution in [2.45, 2.75) is 70.5 Å². The number of ether oxygens (including phenoxy) is 1. The van der Waals surface area contributed by atoms with Gasteiger partial charge in [-0.15, -0.1) is 10.2 Å². The molecular formula is C25H31ClN4O2S. The van der Waals surface area contributed by atoms with Crippen LogP contribution in [0.5, 0.6) is 5.75 Å². The van der Waals surface area contributed by atoms with Crippen LogP contribution in [0.4, 0.5) is 5.69 Å². The summed E-state index contributed by atoms with van der Waals surface area (Å²) in [6, 6.07) is 13.6. The van der Waals surface area contributed by atoms with E-state index in [9.17, 15) is 4.79 Å². The number of nitrogens with zero attached hydrogens (tertiary/aromatic N) is 3. The SMILES string of the molecule is CCC(CC)n1c(COc2ccccc2Cl)nnc1SC(C)C(=O)Nc1cc(C)ccc1C. The number of carbonyl (C=O) groups excluding carboxylic acids is 1. The number of rotatable bonds is 10. The number of hydrogen-bond donors (Lipinski definition) is 1. The molecule has 1 unspecified atom stereocenters. The highest BCUT2D eigenvalue weighted by Gasteiger charge is 2.24. The summed E-state index contributed by atoms with van der Waals surface area (Å²) < 4.78 is 8.03. The van der Waals surface area contributed by atoms with Gasteiger partial charge in [0.25, 0.3) is 0 Å². The molecule has 6 nitrogen and oxygen atoms in total. The fourth-order valence-electron chi connectivity index (χ4n) is 3.53. The summed E-state index contributed by atoms with van der Waals surface area (Å²) in [5, 5.41) is 12.8. The minimum absolute atomic E-state index is 0.0679. The Kier molecular flexibility index (Phi) is 8.80. The van der Waals surface area contributed by atoms with E-state index in [1.807, 2.05) is 57.2 Å². The molecule has 1 N–H and O–H groups in total. The minimum atomic E-state index is -0.348. The van der Waals surface area contributed by atoms with E-state index in [1.54, 1.807) is 6.07 Å². The number of para-hydroxylation sites is 1. The van der Waals surface area contributed by atoms with Crippen molar-refractivity contribution in [3.8, 4) is 5.75 Å². The Morgan fingerprint density at radius 1 is 1.15 bits per heavy atom. The fraction of sp³-hybridized carbons (Fsp3) is 0.400. The topological polar surface area (TPSA) is 69.0 Å². The first-order chi connectivity index (χ1) is 15.8. The third-order valence-corrected chi connectivity index (χ3v) is 6.91. The molecule has 33 heavy (non-hydrogen) atoms. The molecule has 176 valence electrons. The molecule has 1 amide bonds. The molecule has 0 spiro atoms. The van der Waals surface area contributed by atoms with Crippen LogP contribution >= 0.6 is 23.4 Å². The van der Waals surface area contributed by atoms with Gasteiger partial charge < -0.3 is 14.6 Å². The van der Waals surface area contributed by atoms with Crippen molar-refractivity contribution >= 4 is 35.0 Å². The van der Waals surface area contributed by atoms with Gasteiger partial charge in [-0.2, -0.15) is 0 Å². The quantitative estimate of drug-likeness (QED) is 0.326. The van der Waals surface area contributed by atoms with E-state index in [2.05, 4.69) is 33.9 Å². The van der Waals surface area contributed by atoms with Gasteiger partial charge >= 0.3 is 0 Å². The molecule has 1 atom stereocenters. The predicted octanol–water partition coefficient (Wildman–Crippen LogP) is 6.61. The molecule has 0 fully saturated rings. The number of nitrogens with one attached hydrogen (secondary N) is 1. The third-order valence-electron chi connectivity index (χ3n) is 5.54. The maximum Gasteiger partial charge on any atom is 0.237 e. The highest BCUT2D eigenvalue weighted by atomic mass is 35.5. The first-order valence-corrected chi connectivity index (χ1v) is 12.5. The van der Waals surface area contributed by atoms with Crippen molar-refractivity contribution in [2.24, 2.45) is 0 Å². The average molecular weight is 487 g/mol. The van der Waals surface area contributed by atoms with E-state index >= 15 is 0 Å². The molecule has 0 radical (unpaired) electrons. The maximum absolute atomic E-state index is 12.9. The summed E-state index contributed by atoms with van der Waals surface area (Å²) in [6.45, 7) is 10.4. The Labute approximate surface area is 205 Å². The Morgan fingerprint density at radius 2 is 1.88 bits per heavy atom. The Balaban J connectivity index is 1.77. The second-order valence-corrected chi connectivity index (χ2v) is 9.74. The van der Waals surface area contributed by atoms with Gasteiger partial charge in [-0.05, 0) is 62.9 Å². The van der Waals surface area contributed by atoms with Gasteiger partial charge in [-0.25, -0.2) is 0 Å². The molecule has 3 rings (SSSR count). The van der Waals surface area contributed by atoms with Crippen molar-refractivity contribution < 1.29 is 9.53 Å². The number of benzene rings is 2. The number of aromatic nitrogens is 3. The second kappa shape index (κ2) is 11.6. The zero-order chi connectivity index (χ0) is 24.0. The molecule has 2 aromatic carbocycles. The molecule has 3 aromatic rings. The molecule has 0 aliphatic heterocycles. The number of carbonyl (C=O) groups is 1. The lowest BCUT2D eigenvalue weighted by molar-refractivity contribution is -0.115. The van der Waals surface area contributed by atoms with E-state index in [0.29, 0.717) is 21.8 Å². The summed E-state index contributed by atoms with van der Waals surface area (Å²) in [7, 11) is 0. The molecule has 0 saturated heterocycles. The summed E-state index contributed by atoms with van der Waals surface area (Å²) in [5.41, 5.74) is 2.97. The van der Waals surface area contributed by atoms with Gasteiger partial charge in [0.2, 0.25) is 5.91 Å². The van der Waals surface area contributed by atoms with Crippen LogP contribution in [0.15, 0.2) is 47.6 Å². The van der Waals surface area contributed by atoms with Crippen LogP contribution in [0.3, 0.4) is 0 Å². The largest absolute Gasteiger partial charge is 0.484 e. The summed E-state index contributed by atoms with van der Waals surface area (Å²) in [4.78, 5) is 12.9. The monoisotopic (exact) mass is 486 g/mol. The van der Waals surface area contributed by atoms with Gasteiger partial charge in [0.05, 0.1) is 10.3 Å². The zero-order valence-electron chi connectivity index (χ0n) is 19.8. The van der Waals surface area contributed by atoms with Crippen molar-refractivity contribution in [2.75, 3.05) is 5.32 Å². The Morgan fingerprint density at radius 3 is 2.58 bits per heavy atom. The number of hydrogen-bond acceptors (Lipinski definition) is 5. The maximum atomic E-state index is 12.9. The minimum Gasteiger partial charge on any atom is -0.484 e. The van der Waals surface area contributed by atoms with Gasteiger partial charge in [0.1, 0.15) is 12.4 Å². The van der Waals surface area contributed by atoms with Crippen molar-refractivity contribution in [3.05, 3.63) is 64.4 Å². The van der Waals surface area contributed by atoms with Crippen LogP contribution in [0.25, 0.3) is 0 Å². The summed E-state index contributed by atoms with van der Waals surface area (Å²) in [6.07, 6.45) is 1.84. The van der Waals surface area contributed by atoms with Crippen molar-refractivity contribution in [1.82, 2.24) is 14.8 Å². The molecule has 0 aliphatic rings. The molecule has 0 bridgehead atoms. The van der Waals surface area contributed by atoms with Crippen LogP contribution < -0.4 is 10.1 Å². The smallest absolute Gasteiger partial charge is 0.237 e. The summed E-state index contributed by atoms with van der Waals surface area (Å²) in [5.74, 6) is 1.25. The summed E-state index contributed by atoms with van der Waals surface area (Å²) >= 11 is 7.64. The second-order valence-electron chi connectivity index (χ2n) is 8.03. The predicted molar refractivity (Wildman–Crippen MR) is 135 cm³/mol. The molecule has 0 saturated carbocycles. The number of halogens is 1. The Bertz CT molecular complexity index is 1100. The van der Waals surface area contributed by atoms with Crippen LogP contribution in [0.2, 0.25) is 5.02 Å². The van der Waals surface area contributed by atoms with Gasteiger partial charge in [0, 0.05) is 11.7 Å².